The smallest absolute Gasteiger partial charge is 0.345 e. The van der Waals surface area contributed by atoms with Crippen LogP contribution in [0.1, 0.15) is 43.0 Å². The number of thioether (sulfide) groups is 1. The lowest BCUT2D eigenvalue weighted by Gasteiger charge is -2.26. The summed E-state index contributed by atoms with van der Waals surface area (Å²) in [5.41, 5.74) is 6.18. The number of nitrogens with zero attached hydrogens (tertiary/aromatic N) is 2. The molecule has 1 aromatic rings. The van der Waals surface area contributed by atoms with E-state index in [-0.39, 0.29) is 30.1 Å². The van der Waals surface area contributed by atoms with Crippen LogP contribution in [0.4, 0.5) is 0 Å². The van der Waals surface area contributed by atoms with Crippen LogP contribution >= 0.6 is 24.2 Å². The summed E-state index contributed by atoms with van der Waals surface area (Å²) >= 11 is 1.40. The molecule has 124 valence electrons. The Morgan fingerprint density at radius 3 is 2.68 bits per heavy atom. The highest BCUT2D eigenvalue weighted by atomic mass is 35.5. The van der Waals surface area contributed by atoms with Crippen molar-refractivity contribution in [3.05, 3.63) is 11.8 Å². The first kappa shape index (κ1) is 19.0. The standard InChI is InChI=1S/C14H21N3O3S.ClH/c1-3-19-13(18)11-8-16-14(21-2)17-12(11)20-10-6-4-9(15)5-7-10;/h8-10H,3-7,15H2,1-2H3;1H. The number of nitrogens with two attached hydrogens (primary N) is 1. The molecule has 0 spiro atoms. The number of ether oxygens (including phenoxy) is 2. The molecule has 0 unspecified atom stereocenters. The summed E-state index contributed by atoms with van der Waals surface area (Å²) in [5.74, 6) is -0.138. The highest BCUT2D eigenvalue weighted by Crippen LogP contribution is 2.26. The SMILES string of the molecule is CCOC(=O)c1cnc(SC)nc1OC1CCC(N)CC1.Cl. The van der Waals surface area contributed by atoms with Gasteiger partial charge in [0, 0.05) is 12.2 Å². The van der Waals surface area contributed by atoms with Crippen LogP contribution in [0, 0.1) is 0 Å². The van der Waals surface area contributed by atoms with E-state index in [1.807, 2.05) is 6.26 Å². The first-order valence-electron chi connectivity index (χ1n) is 7.14. The minimum atomic E-state index is -0.451. The van der Waals surface area contributed by atoms with E-state index in [4.69, 9.17) is 15.2 Å². The first-order valence-corrected chi connectivity index (χ1v) is 8.36. The van der Waals surface area contributed by atoms with Crippen molar-refractivity contribution >= 4 is 30.1 Å². The molecule has 0 amide bonds. The fraction of sp³-hybridized carbons (Fsp3) is 0.643. The predicted molar refractivity (Wildman–Crippen MR) is 87.9 cm³/mol. The maximum atomic E-state index is 11.9. The highest BCUT2D eigenvalue weighted by molar-refractivity contribution is 7.98. The van der Waals surface area contributed by atoms with Crippen molar-refractivity contribution in [2.45, 2.75) is 49.9 Å². The van der Waals surface area contributed by atoms with E-state index in [9.17, 15) is 4.79 Å². The summed E-state index contributed by atoms with van der Waals surface area (Å²) in [6.07, 6.45) is 7.01. The minimum Gasteiger partial charge on any atom is -0.474 e. The molecule has 8 heteroatoms. The van der Waals surface area contributed by atoms with Crippen LogP contribution in [0.5, 0.6) is 5.88 Å². The van der Waals surface area contributed by atoms with Crippen LogP contribution in [0.25, 0.3) is 0 Å². The third-order valence-corrected chi connectivity index (χ3v) is 3.97. The molecule has 0 saturated heterocycles. The second-order valence-corrected chi connectivity index (χ2v) is 5.72. The molecule has 6 nitrogen and oxygen atoms in total. The molecule has 1 saturated carbocycles. The molecular weight excluding hydrogens is 326 g/mol. The Kier molecular flexibility index (Phi) is 7.92. The Bertz CT molecular complexity index is 496. The van der Waals surface area contributed by atoms with E-state index in [0.717, 1.165) is 25.7 Å². The van der Waals surface area contributed by atoms with Gasteiger partial charge in [0.1, 0.15) is 11.7 Å². The van der Waals surface area contributed by atoms with Gasteiger partial charge in [0.05, 0.1) is 6.61 Å². The van der Waals surface area contributed by atoms with Gasteiger partial charge in [-0.15, -0.1) is 12.4 Å². The molecule has 1 aromatic heterocycles. The maximum Gasteiger partial charge on any atom is 0.345 e. The monoisotopic (exact) mass is 347 g/mol. The predicted octanol–water partition coefficient (Wildman–Crippen LogP) is 2.45. The number of rotatable bonds is 5. The first-order chi connectivity index (χ1) is 10.1. The third-order valence-electron chi connectivity index (χ3n) is 3.41. The lowest BCUT2D eigenvalue weighted by atomic mass is 9.94. The van der Waals surface area contributed by atoms with Gasteiger partial charge in [-0.25, -0.2) is 9.78 Å². The van der Waals surface area contributed by atoms with Crippen molar-refractivity contribution in [2.24, 2.45) is 5.73 Å². The van der Waals surface area contributed by atoms with Crippen molar-refractivity contribution in [1.29, 1.82) is 0 Å². The van der Waals surface area contributed by atoms with Crippen molar-refractivity contribution in [3.63, 3.8) is 0 Å². The van der Waals surface area contributed by atoms with Crippen molar-refractivity contribution in [2.75, 3.05) is 12.9 Å². The Hall–Kier alpha value is -1.05. The molecule has 0 bridgehead atoms. The van der Waals surface area contributed by atoms with E-state index >= 15 is 0 Å². The quantitative estimate of drug-likeness (QED) is 0.497. The van der Waals surface area contributed by atoms with Crippen molar-refractivity contribution in [3.8, 4) is 5.88 Å². The van der Waals surface area contributed by atoms with Crippen molar-refractivity contribution < 1.29 is 14.3 Å². The summed E-state index contributed by atoms with van der Waals surface area (Å²) in [7, 11) is 0. The molecule has 0 aromatic carbocycles. The van der Waals surface area contributed by atoms with E-state index in [1.54, 1.807) is 6.92 Å². The number of carbonyl (C=O) groups is 1. The largest absolute Gasteiger partial charge is 0.474 e. The minimum absolute atomic E-state index is 0. The van der Waals surface area contributed by atoms with Crippen LogP contribution in [0.15, 0.2) is 11.4 Å². The molecule has 22 heavy (non-hydrogen) atoms. The summed E-state index contributed by atoms with van der Waals surface area (Å²) in [5, 5.41) is 0.575. The fourth-order valence-corrected chi connectivity index (χ4v) is 2.58. The van der Waals surface area contributed by atoms with Gasteiger partial charge in [-0.1, -0.05) is 11.8 Å². The van der Waals surface area contributed by atoms with Crippen LogP contribution in [-0.4, -0.2) is 40.9 Å². The Morgan fingerprint density at radius 2 is 2.09 bits per heavy atom. The number of halogens is 1. The number of aromatic nitrogens is 2. The van der Waals surface area contributed by atoms with Gasteiger partial charge < -0.3 is 15.2 Å². The lowest BCUT2D eigenvalue weighted by Crippen LogP contribution is -2.32. The normalized spacial score (nSPS) is 20.9. The molecule has 2 rings (SSSR count). The van der Waals surface area contributed by atoms with Crippen LogP contribution in [0.2, 0.25) is 0 Å². The Labute approximate surface area is 141 Å². The Morgan fingerprint density at radius 1 is 1.41 bits per heavy atom. The van der Waals surface area contributed by atoms with Gasteiger partial charge in [0.2, 0.25) is 5.88 Å². The number of esters is 1. The van der Waals surface area contributed by atoms with Crippen molar-refractivity contribution in [1.82, 2.24) is 9.97 Å². The zero-order chi connectivity index (χ0) is 15.2. The van der Waals surface area contributed by atoms with Crippen LogP contribution in [0.3, 0.4) is 0 Å². The van der Waals surface area contributed by atoms with Gasteiger partial charge in [-0.05, 0) is 38.9 Å². The molecule has 1 fully saturated rings. The van der Waals surface area contributed by atoms with Gasteiger partial charge in [-0.3, -0.25) is 0 Å². The second-order valence-electron chi connectivity index (χ2n) is 4.95. The fourth-order valence-electron chi connectivity index (χ4n) is 2.25. The van der Waals surface area contributed by atoms with E-state index in [0.29, 0.717) is 17.6 Å². The van der Waals surface area contributed by atoms with Crippen LogP contribution in [-0.2, 0) is 4.74 Å². The second kappa shape index (κ2) is 9.17. The molecule has 1 aliphatic carbocycles. The topological polar surface area (TPSA) is 87.3 Å². The van der Waals surface area contributed by atoms with E-state index in [1.165, 1.54) is 18.0 Å². The zero-order valence-corrected chi connectivity index (χ0v) is 14.4. The zero-order valence-electron chi connectivity index (χ0n) is 12.8. The highest BCUT2D eigenvalue weighted by Gasteiger charge is 2.24. The van der Waals surface area contributed by atoms with Gasteiger partial charge in [-0.2, -0.15) is 4.98 Å². The molecule has 0 aliphatic heterocycles. The molecule has 1 aliphatic rings. The lowest BCUT2D eigenvalue weighted by molar-refractivity contribution is 0.0512. The summed E-state index contributed by atoms with van der Waals surface area (Å²) in [6, 6.07) is 0.251. The Balaban J connectivity index is 0.00000242. The number of hydrogen-bond donors (Lipinski definition) is 1. The van der Waals surface area contributed by atoms with E-state index in [2.05, 4.69) is 9.97 Å². The third kappa shape index (κ3) is 5.00. The molecule has 0 radical (unpaired) electrons. The molecule has 1 heterocycles. The van der Waals surface area contributed by atoms with Gasteiger partial charge in [0.25, 0.3) is 0 Å². The van der Waals surface area contributed by atoms with Crippen LogP contribution < -0.4 is 10.5 Å². The summed E-state index contributed by atoms with van der Waals surface area (Å²) in [6.45, 7) is 2.07. The number of hydrogen-bond acceptors (Lipinski definition) is 7. The summed E-state index contributed by atoms with van der Waals surface area (Å²) in [4.78, 5) is 20.4. The average molecular weight is 348 g/mol. The average Bonchev–Trinajstić information content (AvgIpc) is 2.49. The van der Waals surface area contributed by atoms with E-state index < -0.39 is 5.97 Å². The van der Waals surface area contributed by atoms with Gasteiger partial charge >= 0.3 is 5.97 Å². The molecular formula is C14H22ClN3O3S. The molecule has 0 atom stereocenters. The maximum absolute atomic E-state index is 11.9. The molecule has 2 N–H and O–H groups in total. The summed E-state index contributed by atoms with van der Waals surface area (Å²) < 4.78 is 10.9. The number of carbonyl (C=O) groups excluding carboxylic acids is 1. The van der Waals surface area contributed by atoms with Gasteiger partial charge in [0.15, 0.2) is 5.16 Å².